The molecule has 18 heavy (non-hydrogen) atoms. The number of aromatic hydroxyl groups is 1. The van der Waals surface area contributed by atoms with Gasteiger partial charge in [-0.25, -0.2) is 0 Å². The third-order valence-electron chi connectivity index (χ3n) is 3.05. The summed E-state index contributed by atoms with van der Waals surface area (Å²) in [5.41, 5.74) is 5.82. The molecule has 0 radical (unpaired) electrons. The first-order valence-corrected chi connectivity index (χ1v) is 5.55. The van der Waals surface area contributed by atoms with Crippen LogP contribution in [0.2, 0.25) is 0 Å². The molecule has 5 nitrogen and oxygen atoms in total. The van der Waals surface area contributed by atoms with E-state index in [4.69, 9.17) is 15.2 Å². The van der Waals surface area contributed by atoms with E-state index < -0.39 is 17.4 Å². The van der Waals surface area contributed by atoms with Crippen LogP contribution in [0.25, 0.3) is 0 Å². The highest BCUT2D eigenvalue weighted by Gasteiger charge is 2.36. The van der Waals surface area contributed by atoms with Crippen LogP contribution in [0.15, 0.2) is 18.2 Å². The van der Waals surface area contributed by atoms with E-state index in [2.05, 4.69) is 0 Å². The Balaban J connectivity index is 3.07. The molecule has 0 unspecified atom stereocenters. The molecular formula is C13H19NO4. The SMILES string of the molecule is COC(=O)C(C)(C)[C@@H](N)c1ccc(OC)c(O)c1. The van der Waals surface area contributed by atoms with Crippen molar-refractivity contribution in [1.82, 2.24) is 0 Å². The van der Waals surface area contributed by atoms with E-state index in [9.17, 15) is 9.90 Å². The summed E-state index contributed by atoms with van der Waals surface area (Å²) >= 11 is 0. The lowest BCUT2D eigenvalue weighted by Crippen LogP contribution is -2.37. The first-order valence-electron chi connectivity index (χ1n) is 5.55. The van der Waals surface area contributed by atoms with Crippen LogP contribution in [-0.2, 0) is 9.53 Å². The summed E-state index contributed by atoms with van der Waals surface area (Å²) in [6.45, 7) is 3.40. The molecule has 3 N–H and O–H groups in total. The molecule has 0 bridgehead atoms. The van der Waals surface area contributed by atoms with Crippen molar-refractivity contribution in [2.45, 2.75) is 19.9 Å². The number of hydrogen-bond donors (Lipinski definition) is 2. The van der Waals surface area contributed by atoms with E-state index in [1.165, 1.54) is 20.3 Å². The highest BCUT2D eigenvalue weighted by atomic mass is 16.5. The molecule has 1 aromatic rings. The van der Waals surface area contributed by atoms with Crippen molar-refractivity contribution in [2.75, 3.05) is 14.2 Å². The van der Waals surface area contributed by atoms with Gasteiger partial charge >= 0.3 is 5.97 Å². The topological polar surface area (TPSA) is 81.8 Å². The molecule has 0 saturated carbocycles. The fourth-order valence-corrected chi connectivity index (χ4v) is 1.71. The minimum atomic E-state index is -0.879. The molecule has 0 heterocycles. The Bertz CT molecular complexity index is 443. The largest absolute Gasteiger partial charge is 0.504 e. The summed E-state index contributed by atoms with van der Waals surface area (Å²) in [5, 5.41) is 9.71. The van der Waals surface area contributed by atoms with E-state index in [1.54, 1.807) is 26.0 Å². The van der Waals surface area contributed by atoms with Crippen molar-refractivity contribution >= 4 is 5.97 Å². The lowest BCUT2D eigenvalue weighted by molar-refractivity contribution is -0.152. The van der Waals surface area contributed by atoms with Crippen LogP contribution in [0, 0.1) is 5.41 Å². The molecule has 0 amide bonds. The van der Waals surface area contributed by atoms with Crippen LogP contribution < -0.4 is 10.5 Å². The quantitative estimate of drug-likeness (QED) is 0.796. The smallest absolute Gasteiger partial charge is 0.313 e. The molecule has 5 heteroatoms. The minimum Gasteiger partial charge on any atom is -0.504 e. The van der Waals surface area contributed by atoms with Gasteiger partial charge < -0.3 is 20.3 Å². The van der Waals surface area contributed by atoms with Gasteiger partial charge in [-0.2, -0.15) is 0 Å². The second kappa shape index (κ2) is 5.27. The summed E-state index contributed by atoms with van der Waals surface area (Å²) in [4.78, 5) is 11.7. The lowest BCUT2D eigenvalue weighted by Gasteiger charge is -2.29. The van der Waals surface area contributed by atoms with E-state index in [0.717, 1.165) is 0 Å². The maximum atomic E-state index is 11.7. The van der Waals surface area contributed by atoms with Crippen molar-refractivity contribution < 1.29 is 19.4 Å². The molecule has 1 rings (SSSR count). The van der Waals surface area contributed by atoms with Crippen LogP contribution in [0.1, 0.15) is 25.5 Å². The van der Waals surface area contributed by atoms with Gasteiger partial charge in [-0.15, -0.1) is 0 Å². The Morgan fingerprint density at radius 2 is 2.00 bits per heavy atom. The summed E-state index contributed by atoms with van der Waals surface area (Å²) in [7, 11) is 2.79. The zero-order valence-electron chi connectivity index (χ0n) is 11.1. The maximum Gasteiger partial charge on any atom is 0.313 e. The number of carbonyl (C=O) groups is 1. The number of rotatable bonds is 4. The number of esters is 1. The fourth-order valence-electron chi connectivity index (χ4n) is 1.71. The molecule has 0 aliphatic carbocycles. The van der Waals surface area contributed by atoms with Crippen molar-refractivity contribution in [3.8, 4) is 11.5 Å². The average Bonchev–Trinajstić information content (AvgIpc) is 2.36. The predicted molar refractivity (Wildman–Crippen MR) is 67.4 cm³/mol. The number of methoxy groups -OCH3 is 2. The number of ether oxygens (including phenoxy) is 2. The summed E-state index contributed by atoms with van der Waals surface area (Å²) < 4.78 is 9.68. The maximum absolute atomic E-state index is 11.7. The Labute approximate surface area is 107 Å². The van der Waals surface area contributed by atoms with Gasteiger partial charge in [0.25, 0.3) is 0 Å². The zero-order chi connectivity index (χ0) is 13.9. The van der Waals surface area contributed by atoms with Crippen molar-refractivity contribution in [3.05, 3.63) is 23.8 Å². The number of nitrogens with two attached hydrogens (primary N) is 1. The van der Waals surface area contributed by atoms with Gasteiger partial charge in [-0.1, -0.05) is 6.07 Å². The van der Waals surface area contributed by atoms with E-state index >= 15 is 0 Å². The third-order valence-corrected chi connectivity index (χ3v) is 3.05. The molecule has 100 valence electrons. The molecule has 0 spiro atoms. The molecule has 0 fully saturated rings. The van der Waals surface area contributed by atoms with Gasteiger partial charge in [0.2, 0.25) is 0 Å². The predicted octanol–water partition coefficient (Wildman–Crippen LogP) is 1.60. The first kappa shape index (κ1) is 14.3. The van der Waals surface area contributed by atoms with Gasteiger partial charge in [0.15, 0.2) is 11.5 Å². The van der Waals surface area contributed by atoms with Gasteiger partial charge in [-0.05, 0) is 31.5 Å². The normalized spacial score (nSPS) is 12.9. The second-order valence-corrected chi connectivity index (χ2v) is 4.62. The van der Waals surface area contributed by atoms with Crippen LogP contribution in [0.5, 0.6) is 11.5 Å². The Morgan fingerprint density at radius 3 is 2.44 bits per heavy atom. The number of phenols is 1. The number of hydrogen-bond acceptors (Lipinski definition) is 5. The summed E-state index contributed by atoms with van der Waals surface area (Å²) in [6.07, 6.45) is 0. The number of phenolic OH excluding ortho intramolecular Hbond substituents is 1. The number of carbonyl (C=O) groups excluding carboxylic acids is 1. The monoisotopic (exact) mass is 253 g/mol. The van der Waals surface area contributed by atoms with Gasteiger partial charge in [-0.3, -0.25) is 4.79 Å². The van der Waals surface area contributed by atoms with Crippen LogP contribution >= 0.6 is 0 Å². The molecule has 0 saturated heterocycles. The minimum absolute atomic E-state index is 0.00823. The van der Waals surface area contributed by atoms with Crippen molar-refractivity contribution in [2.24, 2.45) is 11.1 Å². The van der Waals surface area contributed by atoms with E-state index in [0.29, 0.717) is 11.3 Å². The molecule has 0 aliphatic heterocycles. The lowest BCUT2D eigenvalue weighted by atomic mass is 9.81. The number of benzene rings is 1. The van der Waals surface area contributed by atoms with E-state index in [-0.39, 0.29) is 5.75 Å². The highest BCUT2D eigenvalue weighted by Crippen LogP contribution is 2.36. The second-order valence-electron chi connectivity index (χ2n) is 4.62. The molecule has 1 atom stereocenters. The van der Waals surface area contributed by atoms with E-state index in [1.807, 2.05) is 0 Å². The molecule has 0 aromatic heterocycles. The third kappa shape index (κ3) is 2.56. The van der Waals surface area contributed by atoms with Crippen LogP contribution in [0.4, 0.5) is 0 Å². The van der Waals surface area contributed by atoms with Crippen molar-refractivity contribution in [3.63, 3.8) is 0 Å². The first-order chi connectivity index (χ1) is 8.34. The highest BCUT2D eigenvalue weighted by molar-refractivity contribution is 5.77. The zero-order valence-corrected chi connectivity index (χ0v) is 11.1. The molecule has 0 aliphatic rings. The van der Waals surface area contributed by atoms with Gasteiger partial charge in [0, 0.05) is 6.04 Å². The Morgan fingerprint density at radius 1 is 1.39 bits per heavy atom. The standard InChI is InChI=1S/C13H19NO4/c1-13(2,12(16)18-4)11(14)8-5-6-10(17-3)9(15)7-8/h5-7,11,15H,14H2,1-4H3/t11-/m0/s1. The molecular weight excluding hydrogens is 234 g/mol. The Hall–Kier alpha value is -1.75. The molecule has 1 aromatic carbocycles. The van der Waals surface area contributed by atoms with Crippen molar-refractivity contribution in [1.29, 1.82) is 0 Å². The van der Waals surface area contributed by atoms with Gasteiger partial charge in [0.1, 0.15) is 0 Å². The van der Waals surface area contributed by atoms with Crippen LogP contribution in [-0.4, -0.2) is 25.3 Å². The summed E-state index contributed by atoms with van der Waals surface area (Å²) in [5.74, 6) is -0.0433. The van der Waals surface area contributed by atoms with Gasteiger partial charge in [0.05, 0.1) is 19.6 Å². The summed E-state index contributed by atoms with van der Waals surface area (Å²) in [6, 6.07) is 4.24. The van der Waals surface area contributed by atoms with Crippen LogP contribution in [0.3, 0.4) is 0 Å². The average molecular weight is 253 g/mol. The Kier molecular flexibility index (Phi) is 4.19. The fraction of sp³-hybridized carbons (Fsp3) is 0.462.